The number of halogens is 2. The molecule has 3 rings (SSSR count). The minimum Gasteiger partial charge on any atom is -0.493 e. The molecule has 0 aliphatic rings. The van der Waals surface area contributed by atoms with Crippen LogP contribution in [-0.2, 0) is 13.0 Å². The minimum atomic E-state index is 0.619. The van der Waals surface area contributed by atoms with Gasteiger partial charge >= 0.3 is 0 Å². The van der Waals surface area contributed by atoms with Crippen LogP contribution in [0.2, 0.25) is 10.0 Å². The van der Waals surface area contributed by atoms with Crippen LogP contribution in [0.25, 0.3) is 0 Å². The van der Waals surface area contributed by atoms with Gasteiger partial charge in [0.1, 0.15) is 5.75 Å². The fraction of sp³-hybridized carbons (Fsp3) is 0.143. The molecule has 3 aromatic carbocycles. The van der Waals surface area contributed by atoms with Gasteiger partial charge in [0.2, 0.25) is 0 Å². The Hall–Kier alpha value is -2.16. The first-order valence-corrected chi connectivity index (χ1v) is 8.90. The minimum absolute atomic E-state index is 0.619. The second kappa shape index (κ2) is 8.80. The molecular formula is C21H19Cl2NO. The van der Waals surface area contributed by atoms with E-state index in [1.807, 2.05) is 48.5 Å². The van der Waals surface area contributed by atoms with Crippen molar-refractivity contribution in [3.8, 4) is 5.75 Å². The van der Waals surface area contributed by atoms with Gasteiger partial charge in [-0.2, -0.15) is 0 Å². The highest BCUT2D eigenvalue weighted by Crippen LogP contribution is 2.23. The van der Waals surface area contributed by atoms with E-state index in [4.69, 9.17) is 27.9 Å². The van der Waals surface area contributed by atoms with Crippen molar-refractivity contribution in [2.45, 2.75) is 13.0 Å². The lowest BCUT2D eigenvalue weighted by Crippen LogP contribution is -2.03. The molecule has 0 unspecified atom stereocenters. The van der Waals surface area contributed by atoms with Gasteiger partial charge < -0.3 is 10.1 Å². The van der Waals surface area contributed by atoms with Crippen molar-refractivity contribution in [1.82, 2.24) is 0 Å². The largest absolute Gasteiger partial charge is 0.493 e. The van der Waals surface area contributed by atoms with Gasteiger partial charge in [-0.1, -0.05) is 65.7 Å². The lowest BCUT2D eigenvalue weighted by atomic mass is 10.2. The van der Waals surface area contributed by atoms with Crippen LogP contribution in [0.1, 0.15) is 11.1 Å². The van der Waals surface area contributed by atoms with Crippen molar-refractivity contribution >= 4 is 28.9 Å². The molecule has 0 aromatic heterocycles. The van der Waals surface area contributed by atoms with E-state index in [0.717, 1.165) is 23.4 Å². The van der Waals surface area contributed by atoms with Crippen molar-refractivity contribution in [3.05, 3.63) is 94.0 Å². The Morgan fingerprint density at radius 2 is 1.48 bits per heavy atom. The Labute approximate surface area is 158 Å². The van der Waals surface area contributed by atoms with E-state index in [1.165, 1.54) is 5.56 Å². The molecule has 3 aromatic rings. The Bertz CT molecular complexity index is 801. The lowest BCUT2D eigenvalue weighted by molar-refractivity contribution is 0.321. The smallest absolute Gasteiger partial charge is 0.119 e. The molecule has 4 heteroatoms. The van der Waals surface area contributed by atoms with Crippen molar-refractivity contribution in [2.75, 3.05) is 11.9 Å². The van der Waals surface area contributed by atoms with E-state index in [-0.39, 0.29) is 0 Å². The average Bonchev–Trinajstić information content (AvgIpc) is 2.61. The van der Waals surface area contributed by atoms with E-state index in [9.17, 15) is 0 Å². The van der Waals surface area contributed by atoms with Gasteiger partial charge in [-0.05, 0) is 41.5 Å². The molecule has 128 valence electrons. The first-order chi connectivity index (χ1) is 12.2. The Morgan fingerprint density at radius 1 is 0.760 bits per heavy atom. The first-order valence-electron chi connectivity index (χ1n) is 8.15. The van der Waals surface area contributed by atoms with Crippen molar-refractivity contribution in [3.63, 3.8) is 0 Å². The van der Waals surface area contributed by atoms with Crippen molar-refractivity contribution < 1.29 is 4.74 Å². The fourth-order valence-electron chi connectivity index (χ4n) is 2.54. The second-order valence-corrected chi connectivity index (χ2v) is 6.62. The maximum atomic E-state index is 6.02. The summed E-state index contributed by atoms with van der Waals surface area (Å²) in [6, 6.07) is 23.8. The third kappa shape index (κ3) is 5.70. The average molecular weight is 372 g/mol. The summed E-state index contributed by atoms with van der Waals surface area (Å²) in [5, 5.41) is 4.56. The summed E-state index contributed by atoms with van der Waals surface area (Å²) in [6.07, 6.45) is 0.893. The monoisotopic (exact) mass is 371 g/mol. The lowest BCUT2D eigenvalue weighted by Gasteiger charge is -2.10. The van der Waals surface area contributed by atoms with Gasteiger partial charge in [-0.3, -0.25) is 0 Å². The van der Waals surface area contributed by atoms with Crippen LogP contribution < -0.4 is 10.1 Å². The van der Waals surface area contributed by atoms with E-state index in [2.05, 4.69) is 23.5 Å². The molecule has 0 heterocycles. The van der Waals surface area contributed by atoms with E-state index >= 15 is 0 Å². The number of benzene rings is 3. The normalized spacial score (nSPS) is 10.5. The molecule has 0 saturated heterocycles. The van der Waals surface area contributed by atoms with E-state index in [0.29, 0.717) is 23.2 Å². The summed E-state index contributed by atoms with van der Waals surface area (Å²) in [5.74, 6) is 0.874. The number of rotatable bonds is 7. The van der Waals surface area contributed by atoms with Gasteiger partial charge in [-0.25, -0.2) is 0 Å². The summed E-state index contributed by atoms with van der Waals surface area (Å²) < 4.78 is 5.87. The van der Waals surface area contributed by atoms with Crippen LogP contribution >= 0.6 is 23.2 Å². The molecule has 0 atom stereocenters. The zero-order valence-electron chi connectivity index (χ0n) is 13.7. The van der Waals surface area contributed by atoms with Crippen LogP contribution in [0.3, 0.4) is 0 Å². The molecule has 0 saturated carbocycles. The van der Waals surface area contributed by atoms with Crippen molar-refractivity contribution in [1.29, 1.82) is 0 Å². The highest BCUT2D eigenvalue weighted by molar-refractivity contribution is 6.35. The molecular weight excluding hydrogens is 353 g/mol. The van der Waals surface area contributed by atoms with Crippen LogP contribution in [0.15, 0.2) is 72.8 Å². The molecule has 0 radical (unpaired) electrons. The zero-order chi connectivity index (χ0) is 17.5. The maximum Gasteiger partial charge on any atom is 0.119 e. The number of ether oxygens (including phenoxy) is 1. The highest BCUT2D eigenvalue weighted by atomic mass is 35.5. The number of nitrogens with one attached hydrogen (secondary N) is 1. The summed E-state index contributed by atoms with van der Waals surface area (Å²) in [7, 11) is 0. The Morgan fingerprint density at radius 3 is 2.24 bits per heavy atom. The highest BCUT2D eigenvalue weighted by Gasteiger charge is 2.01. The molecule has 0 aliphatic carbocycles. The number of hydrogen-bond donors (Lipinski definition) is 1. The molecule has 0 bridgehead atoms. The summed E-state index contributed by atoms with van der Waals surface area (Å²) in [4.78, 5) is 0. The molecule has 1 N–H and O–H groups in total. The van der Waals surface area contributed by atoms with Gasteiger partial charge in [-0.15, -0.1) is 0 Å². The van der Waals surface area contributed by atoms with Gasteiger partial charge in [0.15, 0.2) is 0 Å². The first kappa shape index (κ1) is 17.7. The Kier molecular flexibility index (Phi) is 6.21. The summed E-state index contributed by atoms with van der Waals surface area (Å²) in [6.45, 7) is 1.33. The van der Waals surface area contributed by atoms with Crippen LogP contribution in [0.4, 0.5) is 5.69 Å². The molecule has 2 nitrogen and oxygen atoms in total. The Balaban J connectivity index is 1.54. The molecule has 0 spiro atoms. The fourth-order valence-corrected chi connectivity index (χ4v) is 3.06. The third-order valence-electron chi connectivity index (χ3n) is 3.76. The van der Waals surface area contributed by atoms with Gasteiger partial charge in [0.25, 0.3) is 0 Å². The van der Waals surface area contributed by atoms with Gasteiger partial charge in [0.05, 0.1) is 6.61 Å². The molecule has 0 amide bonds. The topological polar surface area (TPSA) is 21.3 Å². The predicted molar refractivity (Wildman–Crippen MR) is 106 cm³/mol. The van der Waals surface area contributed by atoms with E-state index < -0.39 is 0 Å². The van der Waals surface area contributed by atoms with Crippen LogP contribution in [0.5, 0.6) is 5.75 Å². The predicted octanol–water partition coefficient (Wildman–Crippen LogP) is 6.23. The standard InChI is InChI=1S/C21H19Cl2NO/c22-18-12-19(23)14-20(13-18)24-15-17-7-4-8-21(11-17)25-10-9-16-5-2-1-3-6-16/h1-8,11-14,24H,9-10,15H2. The van der Waals surface area contributed by atoms with Gasteiger partial charge in [0, 0.05) is 28.7 Å². The van der Waals surface area contributed by atoms with E-state index in [1.54, 1.807) is 6.07 Å². The third-order valence-corrected chi connectivity index (χ3v) is 4.20. The molecule has 0 aliphatic heterocycles. The number of hydrogen-bond acceptors (Lipinski definition) is 2. The van der Waals surface area contributed by atoms with Crippen LogP contribution in [0, 0.1) is 0 Å². The summed E-state index contributed by atoms with van der Waals surface area (Å²) in [5.41, 5.74) is 3.30. The number of anilines is 1. The SMILES string of the molecule is Clc1cc(Cl)cc(NCc2cccc(OCCc3ccccc3)c2)c1. The summed E-state index contributed by atoms with van der Waals surface area (Å²) >= 11 is 12.0. The van der Waals surface area contributed by atoms with Crippen LogP contribution in [-0.4, -0.2) is 6.61 Å². The maximum absolute atomic E-state index is 6.02. The quantitative estimate of drug-likeness (QED) is 0.531. The second-order valence-electron chi connectivity index (χ2n) is 5.74. The molecule has 25 heavy (non-hydrogen) atoms. The zero-order valence-corrected chi connectivity index (χ0v) is 15.2. The van der Waals surface area contributed by atoms with Crippen molar-refractivity contribution in [2.24, 2.45) is 0 Å². The molecule has 0 fully saturated rings.